The minimum Gasteiger partial charge on any atom is -0.497 e. The number of benzene rings is 18. The fraction of sp³-hybridized carbons (Fsp3) is 0.0588. The number of hydrogen-bond donors (Lipinski definition) is 0. The summed E-state index contributed by atoms with van der Waals surface area (Å²) >= 11 is 0. The number of furan rings is 3. The second-order valence-electron chi connectivity index (χ2n) is 30.6. The molecule has 0 radical (unpaired) electrons. The molecule has 0 spiro atoms. The first-order valence-corrected chi connectivity index (χ1v) is 38.7. The van der Waals surface area contributed by atoms with E-state index in [0.717, 1.165) is 234 Å². The lowest BCUT2D eigenvalue weighted by molar-refractivity contribution is 0.414. The molecule has 3 aliphatic rings. The van der Waals surface area contributed by atoms with Gasteiger partial charge in [0.2, 0.25) is 0 Å². The molecule has 0 fully saturated rings. The number of methoxy groups -OCH3 is 3. The van der Waals surface area contributed by atoms with Crippen molar-refractivity contribution in [1.82, 2.24) is 0 Å². The molecular formula is C102H69N7O6. The van der Waals surface area contributed by atoms with Crippen LogP contribution in [0.5, 0.6) is 17.2 Å². The van der Waals surface area contributed by atoms with Crippen LogP contribution in [0, 0.1) is 0 Å². The summed E-state index contributed by atoms with van der Waals surface area (Å²) in [6, 6.07) is 111. The smallest absolute Gasteiger partial charge is 0.139 e. The normalized spacial score (nSPS) is 12.9. The summed E-state index contributed by atoms with van der Waals surface area (Å²) in [5, 5.41) is 19.5. The quantitative estimate of drug-likeness (QED) is 0.116. The van der Waals surface area contributed by atoms with E-state index in [9.17, 15) is 0 Å². The van der Waals surface area contributed by atoms with Crippen molar-refractivity contribution in [3.8, 4) is 17.2 Å². The van der Waals surface area contributed by atoms with Gasteiger partial charge in [0.05, 0.1) is 88.7 Å². The van der Waals surface area contributed by atoms with Gasteiger partial charge in [-0.3, -0.25) is 4.90 Å². The summed E-state index contributed by atoms with van der Waals surface area (Å²) in [5.74, 6) is 2.38. The number of fused-ring (bicyclic) bond motifs is 18. The molecule has 0 amide bonds. The van der Waals surface area contributed by atoms with E-state index in [2.05, 4.69) is 328 Å². The van der Waals surface area contributed by atoms with Crippen LogP contribution in [0.2, 0.25) is 0 Å². The zero-order valence-electron chi connectivity index (χ0n) is 63.5. The molecule has 548 valence electrons. The summed E-state index contributed by atoms with van der Waals surface area (Å²) in [4.78, 5) is 16.8. The van der Waals surface area contributed by atoms with Gasteiger partial charge >= 0.3 is 0 Å². The van der Waals surface area contributed by atoms with Crippen LogP contribution >= 0.6 is 0 Å². The molecule has 115 heavy (non-hydrogen) atoms. The van der Waals surface area contributed by atoms with Crippen molar-refractivity contribution in [2.24, 2.45) is 0 Å². The highest BCUT2D eigenvalue weighted by Gasteiger charge is 2.47. The molecule has 0 atom stereocenters. The van der Waals surface area contributed by atoms with Crippen LogP contribution in [0.3, 0.4) is 0 Å². The van der Waals surface area contributed by atoms with Gasteiger partial charge in [-0.25, -0.2) is 0 Å². The van der Waals surface area contributed by atoms with Crippen LogP contribution in [0.1, 0.15) is 0 Å². The van der Waals surface area contributed by atoms with E-state index < -0.39 is 0 Å². The van der Waals surface area contributed by atoms with Gasteiger partial charge in [-0.15, -0.1) is 0 Å². The predicted octanol–water partition coefficient (Wildman–Crippen LogP) is 28.5. The van der Waals surface area contributed by atoms with E-state index in [4.69, 9.17) is 27.5 Å². The van der Waals surface area contributed by atoms with Crippen molar-refractivity contribution >= 4 is 233 Å². The van der Waals surface area contributed by atoms with Gasteiger partial charge in [0.25, 0.3) is 0 Å². The lowest BCUT2D eigenvalue weighted by Gasteiger charge is -2.50. The van der Waals surface area contributed by atoms with Crippen LogP contribution < -0.4 is 48.5 Å². The largest absolute Gasteiger partial charge is 0.497 e. The molecule has 0 saturated heterocycles. The molecule has 0 aliphatic carbocycles. The summed E-state index contributed by atoms with van der Waals surface area (Å²) in [5.41, 5.74) is 23.1. The van der Waals surface area contributed by atoms with Crippen LogP contribution in [0.25, 0.3) is 130 Å². The van der Waals surface area contributed by atoms with Gasteiger partial charge in [-0.1, -0.05) is 109 Å². The maximum absolute atomic E-state index is 7.34. The molecule has 0 saturated carbocycles. The van der Waals surface area contributed by atoms with Crippen molar-refractivity contribution in [2.45, 2.75) is 0 Å². The third kappa shape index (κ3) is 9.55. The molecule has 0 bridgehead atoms. The van der Waals surface area contributed by atoms with Gasteiger partial charge in [0, 0.05) is 107 Å². The second kappa shape index (κ2) is 24.2. The first kappa shape index (κ1) is 64.7. The van der Waals surface area contributed by atoms with Crippen LogP contribution in [0.15, 0.2) is 323 Å². The predicted molar refractivity (Wildman–Crippen MR) is 476 cm³/mol. The van der Waals surface area contributed by atoms with Crippen molar-refractivity contribution in [3.05, 3.63) is 309 Å². The third-order valence-corrected chi connectivity index (χ3v) is 24.4. The van der Waals surface area contributed by atoms with Crippen molar-refractivity contribution in [1.29, 1.82) is 0 Å². The Labute approximate surface area is 659 Å². The molecule has 0 N–H and O–H groups in total. The molecule has 13 nitrogen and oxygen atoms in total. The van der Waals surface area contributed by atoms with E-state index in [0.29, 0.717) is 0 Å². The van der Waals surface area contributed by atoms with Crippen molar-refractivity contribution in [2.75, 3.05) is 76.8 Å². The fourth-order valence-electron chi connectivity index (χ4n) is 18.9. The van der Waals surface area contributed by atoms with E-state index in [-0.39, 0.29) is 0 Å². The molecule has 6 heterocycles. The fourth-order valence-corrected chi connectivity index (χ4v) is 18.9. The SMILES string of the molecule is COc1ccc(N(c2ccc3ccccc3c2)c2ccc3cc4oc5cc6c7c(c5c4cc3c2)N(C)c2cc3oc4cc5ccc(N(c8ccc(OC)cc8)c8ccc9ccccc9c8)cc5cc4c3c3c2N7c2c(cc4oc5cc7ccc(N(c8ccc(OC)cc8)c8ccc9ccccc9c8)cc7cc5c4c2N6C)N3C)cc1. The summed E-state index contributed by atoms with van der Waals surface area (Å²) in [6.45, 7) is 0. The van der Waals surface area contributed by atoms with Gasteiger partial charge in [-0.2, -0.15) is 0 Å². The molecule has 0 unspecified atom stereocenters. The Kier molecular flexibility index (Phi) is 13.6. The monoisotopic (exact) mass is 1490 g/mol. The highest BCUT2D eigenvalue weighted by atomic mass is 16.5. The number of ether oxygens (including phenoxy) is 3. The molecule has 24 rings (SSSR count). The Morgan fingerprint density at radius 2 is 0.452 bits per heavy atom. The van der Waals surface area contributed by atoms with Crippen molar-refractivity contribution < 1.29 is 27.5 Å². The van der Waals surface area contributed by atoms with Gasteiger partial charge in [0.15, 0.2) is 0 Å². The summed E-state index contributed by atoms with van der Waals surface area (Å²) in [6.07, 6.45) is 0. The second-order valence-corrected chi connectivity index (χ2v) is 30.6. The van der Waals surface area contributed by atoms with Crippen LogP contribution in [0.4, 0.5) is 102 Å². The van der Waals surface area contributed by atoms with Crippen LogP contribution in [-0.4, -0.2) is 42.5 Å². The van der Waals surface area contributed by atoms with Gasteiger partial charge < -0.3 is 56.9 Å². The average molecular weight is 1490 g/mol. The summed E-state index contributed by atoms with van der Waals surface area (Å²) < 4.78 is 39.1. The average Bonchev–Trinajstić information content (AvgIpc) is 1.66. The first-order chi connectivity index (χ1) is 56.5. The Morgan fingerprint density at radius 3 is 0.722 bits per heavy atom. The minimum atomic E-state index is 0.771. The number of nitrogens with zero attached hydrogens (tertiary/aromatic N) is 7. The van der Waals surface area contributed by atoms with E-state index >= 15 is 0 Å². The zero-order chi connectivity index (χ0) is 76.3. The van der Waals surface area contributed by atoms with Gasteiger partial charge in [0.1, 0.15) is 50.7 Å². The van der Waals surface area contributed by atoms with E-state index in [1.165, 1.54) is 16.2 Å². The first-order valence-electron chi connectivity index (χ1n) is 38.7. The number of anilines is 18. The Balaban J connectivity index is 0.728. The molecule has 3 aliphatic heterocycles. The number of rotatable bonds is 12. The zero-order valence-corrected chi connectivity index (χ0v) is 63.5. The molecule has 21 aromatic rings. The molecule has 13 heteroatoms. The summed E-state index contributed by atoms with van der Waals surface area (Å²) in [7, 11) is 11.8. The van der Waals surface area contributed by atoms with Crippen molar-refractivity contribution in [3.63, 3.8) is 0 Å². The maximum atomic E-state index is 7.34. The van der Waals surface area contributed by atoms with E-state index in [1.807, 2.05) is 36.4 Å². The molecular weight excluding hydrogens is 1420 g/mol. The Bertz CT molecular complexity index is 7050. The van der Waals surface area contributed by atoms with Crippen LogP contribution in [-0.2, 0) is 0 Å². The standard InChI is InChI=1S/C102H69N7O6/c1-103-85-55-91-95(83-50-68-47-77(29-23-65(68)53-89(83)113-91)107(71-33-39-80(111-5)40-34-71)74-26-20-59-14-8-11-17-62(59)44-74)101-97(85)109-98-86(56-92-94(100(98)103)82-49-67-46-76(28-22-64(67)52-88(82)114-92)106(70-31-37-79(110-4)38-32-70)73-25-19-58-13-7-10-16-61(58)43-73)104(2)102-96-84-51-69-48-78(30-24-66(69)54-90(84)115-93(96)57-87(99(102)109)105(101)3)108(72-35-41-81(112-6)42-36-72)75-27-21-60-15-9-12-18-63(60)45-75/h7-57H,1-6H3. The molecule has 18 aromatic carbocycles. The lowest BCUT2D eigenvalue weighted by atomic mass is 9.91. The topological polar surface area (TPSA) is 89.8 Å². The van der Waals surface area contributed by atoms with Gasteiger partial charge in [-0.05, 0) is 247 Å². The highest BCUT2D eigenvalue weighted by molar-refractivity contribution is 6.34. The Hall–Kier alpha value is -15.1. The Morgan fingerprint density at radius 1 is 0.217 bits per heavy atom. The van der Waals surface area contributed by atoms with E-state index in [1.54, 1.807) is 21.3 Å². The molecule has 3 aromatic heterocycles. The maximum Gasteiger partial charge on any atom is 0.139 e. The highest BCUT2D eigenvalue weighted by Crippen LogP contribution is 2.71. The number of hydrogen-bond acceptors (Lipinski definition) is 13. The lowest BCUT2D eigenvalue weighted by Crippen LogP contribution is -2.35. The third-order valence-electron chi connectivity index (χ3n) is 24.4. The minimum absolute atomic E-state index is 0.771.